The van der Waals surface area contributed by atoms with Crippen molar-refractivity contribution in [2.45, 2.75) is 102 Å². The highest BCUT2D eigenvalue weighted by Gasteiger charge is 2.54. The number of unbranched alkanes of at least 4 members (excludes halogenated alkanes) is 3. The number of hydrogen-bond donors (Lipinski definition) is 8. The van der Waals surface area contributed by atoms with E-state index in [1.165, 1.54) is 12.1 Å². The Labute approximate surface area is 524 Å². The van der Waals surface area contributed by atoms with Gasteiger partial charge in [-0.2, -0.15) is 8.42 Å². The number of ether oxygens (including phenoxy) is 1. The summed E-state index contributed by atoms with van der Waals surface area (Å²) in [5.74, 6) is -3.20. The first kappa shape index (κ1) is 71.3. The van der Waals surface area contributed by atoms with E-state index in [1.54, 1.807) is 54.6 Å². The van der Waals surface area contributed by atoms with E-state index in [-0.39, 0.29) is 62.4 Å². The summed E-state index contributed by atoms with van der Waals surface area (Å²) in [4.78, 5) is 63.2. The number of allylic oxidation sites excluding steroid dienone is 2. The normalized spacial score (nSPS) is 14.8. The van der Waals surface area contributed by atoms with Crippen molar-refractivity contribution >= 4 is 76.8 Å². The number of carbonyl (C=O) groups is 4. The number of fused-ring (bicyclic) bond motifs is 2. The molecule has 89 heavy (non-hydrogen) atoms. The lowest BCUT2D eigenvalue weighted by atomic mass is 9.88. The van der Waals surface area contributed by atoms with Crippen LogP contribution in [-0.2, 0) is 45.1 Å². The number of hydrogen-bond acceptors (Lipinski definition) is 15. The molecule has 0 bridgehead atoms. The summed E-state index contributed by atoms with van der Waals surface area (Å²) < 4.78 is 82.8. The van der Waals surface area contributed by atoms with E-state index >= 15 is 8.63 Å². The highest BCUT2D eigenvalue weighted by Crippen LogP contribution is 2.40. The lowest BCUT2D eigenvalue weighted by molar-refractivity contribution is -0.870. The molecule has 2 atom stereocenters. The van der Waals surface area contributed by atoms with Crippen LogP contribution in [0.3, 0.4) is 0 Å². The lowest BCUT2D eigenvalue weighted by Crippen LogP contribution is -2.55. The van der Waals surface area contributed by atoms with Crippen LogP contribution in [0.5, 0.6) is 17.5 Å². The number of aryl methyl sites for hydroxylation is 2. The minimum absolute atomic E-state index is 0.0198. The van der Waals surface area contributed by atoms with Gasteiger partial charge in [0.25, 0.3) is 10.1 Å². The quantitative estimate of drug-likeness (QED) is 0.00471. The Morgan fingerprint density at radius 1 is 0.820 bits per heavy atom. The molecule has 3 amide bonds. The fourth-order valence-electron chi connectivity index (χ4n) is 10.4. The molecule has 490 valence electrons. The number of carbonyl (C=O) groups excluding carboxylic acids is 4. The second-order valence-electron chi connectivity index (χ2n) is 24.6. The first-order valence-electron chi connectivity index (χ1n) is 30.0. The number of quaternary nitrogens is 2. The van der Waals surface area contributed by atoms with E-state index in [0.29, 0.717) is 105 Å². The summed E-state index contributed by atoms with van der Waals surface area (Å²) in [7, 11) is 10.0. The number of aromatic nitrogens is 3. The van der Waals surface area contributed by atoms with Crippen LogP contribution in [-0.4, -0.2) is 210 Å². The summed E-state index contributed by atoms with van der Waals surface area (Å²) in [5.41, 5.74) is 4.54. The lowest BCUT2D eigenvalue weighted by Gasteiger charge is -2.31. The van der Waals surface area contributed by atoms with Crippen molar-refractivity contribution in [3.8, 4) is 17.5 Å². The molecule has 24 nitrogen and oxygen atoms in total. The van der Waals surface area contributed by atoms with Gasteiger partial charge in [-0.05, 0) is 126 Å². The monoisotopic (exact) mass is 1290 g/mol. The van der Waals surface area contributed by atoms with Crippen molar-refractivity contribution in [3.05, 3.63) is 106 Å². The number of H-pyrrole nitrogens is 1. The third-order valence-corrected chi connectivity index (χ3v) is 16.4. The number of nitrogens with one attached hydrogen (secondary N) is 4. The van der Waals surface area contributed by atoms with E-state index in [2.05, 4.69) is 72.6 Å². The summed E-state index contributed by atoms with van der Waals surface area (Å²) in [6.45, 7) is 0.561. The molecule has 0 radical (unpaired) electrons. The van der Waals surface area contributed by atoms with Crippen LogP contribution in [0, 0.1) is 6.92 Å². The van der Waals surface area contributed by atoms with Gasteiger partial charge in [0.05, 0.1) is 73.5 Å². The molecule has 2 unspecified atom stereocenters. The van der Waals surface area contributed by atoms with Crippen LogP contribution in [0.25, 0.3) is 18.2 Å². The molecule has 5 heterocycles. The fraction of sp³-hybridized carbons (Fsp3) is 0.517. The van der Waals surface area contributed by atoms with Crippen LogP contribution in [0.4, 0.5) is 8.63 Å². The van der Waals surface area contributed by atoms with Crippen LogP contribution in [0.2, 0.25) is 0 Å². The summed E-state index contributed by atoms with van der Waals surface area (Å²) in [6.07, 6.45) is 12.3. The molecule has 2 aliphatic rings. The Bertz CT molecular complexity index is 3280. The van der Waals surface area contributed by atoms with Crippen LogP contribution >= 0.6 is 12.0 Å². The van der Waals surface area contributed by atoms with E-state index in [1.807, 2.05) is 31.0 Å². The van der Waals surface area contributed by atoms with Crippen LogP contribution in [0.1, 0.15) is 111 Å². The van der Waals surface area contributed by atoms with Gasteiger partial charge in [0, 0.05) is 91.3 Å². The first-order chi connectivity index (χ1) is 42.0. The smallest absolute Gasteiger partial charge is 0.494 e. The Kier molecular flexibility index (Phi) is 26.2. The molecule has 0 saturated heterocycles. The zero-order valence-corrected chi connectivity index (χ0v) is 53.8. The maximum Gasteiger partial charge on any atom is 0.737 e. The van der Waals surface area contributed by atoms with Gasteiger partial charge in [-0.1, -0.05) is 29.7 Å². The van der Waals surface area contributed by atoms with Crippen molar-refractivity contribution in [1.82, 2.24) is 35.0 Å². The molecule has 0 saturated carbocycles. The van der Waals surface area contributed by atoms with Crippen molar-refractivity contribution in [2.24, 2.45) is 0 Å². The highest BCUT2D eigenvalue weighted by atomic mass is 32.2. The molecule has 1 aromatic carbocycles. The van der Waals surface area contributed by atoms with E-state index < -0.39 is 70.4 Å². The topological polar surface area (TPSA) is 288 Å². The minimum Gasteiger partial charge on any atom is -0.494 e. The van der Waals surface area contributed by atoms with Gasteiger partial charge in [0.15, 0.2) is 11.4 Å². The molecule has 2 aliphatic heterocycles. The molecule has 0 aliphatic carbocycles. The SMILES string of the molecule is Cc1ccc(C2=[N+]3C(=Cc4c(CCCS(=O)(=O)O)cc(C=Cc5ccc(OCCCC(=O)NC(CSOOO)C(=O)NC(CCCC[N+](C)(C)C)C(=O)NCCN(C)CCCCCC(=O)On6c(O)ccc6O)cc5)n4[B-]3(F)F)C(CCC[N+](C)(C)C)=C2)[nH]1. The van der Waals surface area contributed by atoms with Crippen LogP contribution < -0.4 is 25.5 Å². The molecule has 8 N–H and O–H groups in total. The number of amides is 3. The second-order valence-corrected chi connectivity index (χ2v) is 26.9. The molecule has 6 rings (SSSR count). The maximum atomic E-state index is 17.6. The Balaban J connectivity index is 1.03. The van der Waals surface area contributed by atoms with Gasteiger partial charge < -0.3 is 72.2 Å². The molecule has 0 spiro atoms. The van der Waals surface area contributed by atoms with Crippen molar-refractivity contribution in [2.75, 3.05) is 100 Å². The summed E-state index contributed by atoms with van der Waals surface area (Å²) in [5, 5.41) is 40.3. The molecular weight excluding hydrogens is 1200 g/mol. The number of halogens is 2. The molecule has 29 heteroatoms. The number of rotatable bonds is 39. The van der Waals surface area contributed by atoms with Gasteiger partial charge in [0.1, 0.15) is 23.5 Å². The standard InChI is InChI=1S/C60H87BF2N10O14S2/c1-43-22-29-49(65-43)54-40-46(17-14-36-73(6,7)8)53-41-52-45(18-16-38-89(81,82)83)39-47(69(52)61(62,63)70(53)54)26-23-44-24-27-48(28-25-44)84-37-15-20-55(74)66-51(42-88-87-86-80)60(79)67-50(19-11-13-35-72(3,4)5)59(78)64-32-34-68(2)33-12-9-10-21-58(77)85-71-56(75)30-31-57(71)76/h22-31,39-41,50-51,65H,9-21,32-38,42H2,1-8H3,(H5-2,64,66,67,74,75,76,78,79,80,81,82,83)/p+2. The van der Waals surface area contributed by atoms with Crippen molar-refractivity contribution in [1.29, 1.82) is 0 Å². The van der Waals surface area contributed by atoms with Gasteiger partial charge in [-0.15, -0.1) is 9.06 Å². The minimum atomic E-state index is -4.51. The predicted molar refractivity (Wildman–Crippen MR) is 337 cm³/mol. The van der Waals surface area contributed by atoms with Gasteiger partial charge in [-0.25, -0.2) is 10.1 Å². The maximum absolute atomic E-state index is 17.6. The molecule has 4 aromatic rings. The number of benzene rings is 1. The molecule has 3 aromatic heterocycles. The average molecular weight is 1290 g/mol. The second kappa shape index (κ2) is 32.8. The Morgan fingerprint density at radius 3 is 2.19 bits per heavy atom. The largest absolute Gasteiger partial charge is 0.737 e. The van der Waals surface area contributed by atoms with E-state index in [4.69, 9.17) is 14.8 Å². The Morgan fingerprint density at radius 2 is 1.53 bits per heavy atom. The summed E-state index contributed by atoms with van der Waals surface area (Å²) >= 11 is 0.570. The fourth-order valence-corrected chi connectivity index (χ4v) is 11.4. The van der Waals surface area contributed by atoms with Crippen molar-refractivity contribution < 1.29 is 88.6 Å². The predicted octanol–water partition coefficient (Wildman–Crippen LogP) is 6.17. The van der Waals surface area contributed by atoms with Gasteiger partial charge in [-0.3, -0.25) is 18.9 Å². The van der Waals surface area contributed by atoms with Crippen molar-refractivity contribution in [3.63, 3.8) is 0 Å². The first-order valence-corrected chi connectivity index (χ1v) is 32.5. The van der Waals surface area contributed by atoms with E-state index in [0.717, 1.165) is 52.6 Å². The molecule has 0 fully saturated rings. The number of nitrogens with zero attached hydrogens (tertiary/aromatic N) is 6. The highest BCUT2D eigenvalue weighted by molar-refractivity contribution is 7.94. The zero-order valence-electron chi connectivity index (χ0n) is 52.2. The third kappa shape index (κ3) is 22.6. The number of aromatic hydroxyl groups is 2. The molecular formula is C60H89BF2N10O14S2+2. The average Bonchev–Trinajstić information content (AvgIpc) is 1.60. The summed E-state index contributed by atoms with van der Waals surface area (Å²) in [6, 6.07) is 12.4. The van der Waals surface area contributed by atoms with Gasteiger partial charge >= 0.3 is 12.9 Å². The van der Waals surface area contributed by atoms with Gasteiger partial charge in [0.2, 0.25) is 29.5 Å². The third-order valence-electron chi connectivity index (χ3n) is 15.0. The number of likely N-dealkylation sites (N-methyl/N-ethyl adjacent to an activating group) is 1. The van der Waals surface area contributed by atoms with Crippen LogP contribution in [0.15, 0.2) is 71.9 Å². The zero-order chi connectivity index (χ0) is 65.1. The Hall–Kier alpha value is -6.83. The number of aromatic amines is 1. The van der Waals surface area contributed by atoms with E-state index in [9.17, 15) is 42.4 Å².